The highest BCUT2D eigenvalue weighted by molar-refractivity contribution is 7.13. The van der Waals surface area contributed by atoms with E-state index in [2.05, 4.69) is 35.6 Å². The summed E-state index contributed by atoms with van der Waals surface area (Å²) in [5, 5.41) is 6.09. The Morgan fingerprint density at radius 2 is 1.92 bits per heavy atom. The first-order valence-corrected chi connectivity index (χ1v) is 9.22. The highest BCUT2D eigenvalue weighted by Gasteiger charge is 2.29. The maximum Gasteiger partial charge on any atom is 0.224 e. The van der Waals surface area contributed by atoms with Gasteiger partial charge in [-0.2, -0.15) is 0 Å². The van der Waals surface area contributed by atoms with E-state index >= 15 is 0 Å². The van der Waals surface area contributed by atoms with Crippen LogP contribution in [0.5, 0.6) is 0 Å². The molecule has 2 aromatic heterocycles. The predicted octanol–water partition coefficient (Wildman–Crippen LogP) is 4.88. The third kappa shape index (κ3) is 3.07. The Kier molecular flexibility index (Phi) is 3.88. The van der Waals surface area contributed by atoms with Crippen LogP contribution in [0.15, 0.2) is 48.1 Å². The van der Waals surface area contributed by atoms with Crippen LogP contribution in [-0.4, -0.2) is 15.9 Å². The molecule has 0 bridgehead atoms. The molecule has 5 heteroatoms. The fourth-order valence-electron chi connectivity index (χ4n) is 3.18. The Morgan fingerprint density at radius 1 is 1.12 bits per heavy atom. The first-order valence-electron chi connectivity index (χ1n) is 8.34. The van der Waals surface area contributed by atoms with Crippen LogP contribution in [-0.2, 0) is 10.2 Å². The van der Waals surface area contributed by atoms with Gasteiger partial charge in [0.2, 0.25) is 5.91 Å². The zero-order valence-corrected chi connectivity index (χ0v) is 15.1. The molecule has 0 saturated carbocycles. The van der Waals surface area contributed by atoms with Gasteiger partial charge in [-0.1, -0.05) is 19.9 Å². The topological polar surface area (TPSA) is 54.9 Å². The predicted molar refractivity (Wildman–Crippen MR) is 102 cm³/mol. The first-order chi connectivity index (χ1) is 12.0. The summed E-state index contributed by atoms with van der Waals surface area (Å²) in [6, 6.07) is 10.1. The summed E-state index contributed by atoms with van der Waals surface area (Å²) in [6.45, 7) is 4.39. The molecule has 0 aliphatic carbocycles. The molecule has 0 atom stereocenters. The minimum absolute atomic E-state index is 0.0472. The highest BCUT2D eigenvalue weighted by Crippen LogP contribution is 2.39. The van der Waals surface area contributed by atoms with Crippen molar-refractivity contribution in [2.75, 3.05) is 5.32 Å². The van der Waals surface area contributed by atoms with E-state index in [4.69, 9.17) is 4.98 Å². The lowest BCUT2D eigenvalue weighted by Crippen LogP contribution is -2.16. The number of nitrogens with zero attached hydrogens (tertiary/aromatic N) is 2. The van der Waals surface area contributed by atoms with E-state index < -0.39 is 0 Å². The van der Waals surface area contributed by atoms with Crippen molar-refractivity contribution in [2.45, 2.75) is 32.1 Å². The minimum atomic E-state index is -0.0472. The Hall–Kier alpha value is -2.53. The van der Waals surface area contributed by atoms with Gasteiger partial charge in [-0.3, -0.25) is 9.78 Å². The number of carbonyl (C=O) groups excluding carboxylic acids is 1. The van der Waals surface area contributed by atoms with Gasteiger partial charge < -0.3 is 5.32 Å². The smallest absolute Gasteiger partial charge is 0.224 e. The van der Waals surface area contributed by atoms with E-state index in [1.807, 2.05) is 24.3 Å². The fourth-order valence-corrected chi connectivity index (χ4v) is 4.01. The van der Waals surface area contributed by atoms with Crippen LogP contribution in [0, 0.1) is 0 Å². The van der Waals surface area contributed by atoms with Crippen LogP contribution < -0.4 is 5.32 Å². The molecular formula is C20H19N3OS. The molecular weight excluding hydrogens is 330 g/mol. The van der Waals surface area contributed by atoms with Crippen molar-refractivity contribution in [3.8, 4) is 21.8 Å². The minimum Gasteiger partial charge on any atom is -0.326 e. The van der Waals surface area contributed by atoms with Gasteiger partial charge in [0.15, 0.2) is 0 Å². The highest BCUT2D eigenvalue weighted by atomic mass is 32.1. The van der Waals surface area contributed by atoms with Crippen molar-refractivity contribution in [1.29, 1.82) is 0 Å². The SMILES string of the molecule is CC1(C)CCC(=O)Nc2ccc(-c3csc(-c4ccncc4)n3)cc21. The summed E-state index contributed by atoms with van der Waals surface area (Å²) in [6.07, 6.45) is 4.96. The Labute approximate surface area is 151 Å². The molecule has 1 amide bonds. The van der Waals surface area contributed by atoms with Crippen LogP contribution in [0.1, 0.15) is 32.3 Å². The van der Waals surface area contributed by atoms with Gasteiger partial charge in [-0.25, -0.2) is 4.98 Å². The summed E-state index contributed by atoms with van der Waals surface area (Å²) in [4.78, 5) is 20.8. The molecule has 1 aliphatic heterocycles. The number of anilines is 1. The molecule has 1 aliphatic rings. The Bertz CT molecular complexity index is 931. The van der Waals surface area contributed by atoms with E-state index in [0.29, 0.717) is 6.42 Å². The molecule has 0 fully saturated rings. The zero-order chi connectivity index (χ0) is 17.4. The molecule has 126 valence electrons. The fraction of sp³-hybridized carbons (Fsp3) is 0.250. The number of amides is 1. The lowest BCUT2D eigenvalue weighted by Gasteiger charge is -2.25. The molecule has 3 heterocycles. The Balaban J connectivity index is 1.74. The number of nitrogens with one attached hydrogen (secondary N) is 1. The zero-order valence-electron chi connectivity index (χ0n) is 14.2. The van der Waals surface area contributed by atoms with E-state index in [-0.39, 0.29) is 11.3 Å². The number of aromatic nitrogens is 2. The normalized spacial score (nSPS) is 16.0. The Morgan fingerprint density at radius 3 is 2.72 bits per heavy atom. The van der Waals surface area contributed by atoms with Crippen LogP contribution >= 0.6 is 11.3 Å². The second-order valence-corrected chi connectivity index (χ2v) is 7.82. The van der Waals surface area contributed by atoms with Crippen LogP contribution in [0.25, 0.3) is 21.8 Å². The average molecular weight is 349 g/mol. The lowest BCUT2D eigenvalue weighted by molar-refractivity contribution is -0.116. The van der Waals surface area contributed by atoms with Gasteiger partial charge in [-0.05, 0) is 41.7 Å². The molecule has 1 N–H and O–H groups in total. The van der Waals surface area contributed by atoms with Crippen LogP contribution in [0.4, 0.5) is 5.69 Å². The summed E-state index contributed by atoms with van der Waals surface area (Å²) < 4.78 is 0. The van der Waals surface area contributed by atoms with Crippen molar-refractivity contribution in [1.82, 2.24) is 9.97 Å². The van der Waals surface area contributed by atoms with Crippen molar-refractivity contribution in [3.05, 3.63) is 53.7 Å². The molecule has 0 radical (unpaired) electrons. The van der Waals surface area contributed by atoms with E-state index in [1.165, 1.54) is 5.56 Å². The summed E-state index contributed by atoms with van der Waals surface area (Å²) in [5.41, 5.74) is 5.17. The number of rotatable bonds is 2. The number of hydrogen-bond donors (Lipinski definition) is 1. The standard InChI is InChI=1S/C20H19N3OS/c1-20(2)8-5-18(24)22-16-4-3-14(11-15(16)20)17-12-25-19(23-17)13-6-9-21-10-7-13/h3-4,6-7,9-12H,5,8H2,1-2H3,(H,22,24). The van der Waals surface area contributed by atoms with E-state index in [0.717, 1.165) is 33.9 Å². The third-order valence-electron chi connectivity index (χ3n) is 4.73. The second kappa shape index (κ2) is 6.08. The van der Waals surface area contributed by atoms with Gasteiger partial charge in [0.25, 0.3) is 0 Å². The van der Waals surface area contributed by atoms with Gasteiger partial charge in [0.1, 0.15) is 5.01 Å². The average Bonchev–Trinajstić information content (AvgIpc) is 3.07. The molecule has 25 heavy (non-hydrogen) atoms. The van der Waals surface area contributed by atoms with Crippen molar-refractivity contribution >= 4 is 22.9 Å². The molecule has 4 nitrogen and oxygen atoms in total. The molecule has 0 unspecified atom stereocenters. The van der Waals surface area contributed by atoms with Gasteiger partial charge in [0, 0.05) is 41.0 Å². The molecule has 3 aromatic rings. The monoisotopic (exact) mass is 349 g/mol. The number of carbonyl (C=O) groups is 1. The number of pyridine rings is 1. The maximum atomic E-state index is 11.9. The number of thiazole rings is 1. The number of fused-ring (bicyclic) bond motifs is 1. The first kappa shape index (κ1) is 16.0. The van der Waals surface area contributed by atoms with Gasteiger partial charge >= 0.3 is 0 Å². The van der Waals surface area contributed by atoms with Gasteiger partial charge in [-0.15, -0.1) is 11.3 Å². The van der Waals surface area contributed by atoms with Crippen molar-refractivity contribution < 1.29 is 4.79 Å². The largest absolute Gasteiger partial charge is 0.326 e. The number of hydrogen-bond acceptors (Lipinski definition) is 4. The summed E-state index contributed by atoms with van der Waals surface area (Å²) >= 11 is 1.63. The van der Waals surface area contributed by atoms with E-state index in [9.17, 15) is 4.79 Å². The molecule has 0 saturated heterocycles. The second-order valence-electron chi connectivity index (χ2n) is 6.97. The van der Waals surface area contributed by atoms with Crippen LogP contribution in [0.3, 0.4) is 0 Å². The quantitative estimate of drug-likeness (QED) is 0.717. The van der Waals surface area contributed by atoms with Crippen molar-refractivity contribution in [2.24, 2.45) is 0 Å². The third-order valence-corrected chi connectivity index (χ3v) is 5.62. The molecule has 0 spiro atoms. The molecule has 1 aromatic carbocycles. The molecule has 4 rings (SSSR count). The van der Waals surface area contributed by atoms with Crippen LogP contribution in [0.2, 0.25) is 0 Å². The van der Waals surface area contributed by atoms with Crippen molar-refractivity contribution in [3.63, 3.8) is 0 Å². The maximum absolute atomic E-state index is 11.9. The van der Waals surface area contributed by atoms with E-state index in [1.54, 1.807) is 23.7 Å². The number of benzene rings is 1. The van der Waals surface area contributed by atoms with Gasteiger partial charge in [0.05, 0.1) is 5.69 Å². The summed E-state index contributed by atoms with van der Waals surface area (Å²) in [5.74, 6) is 0.0909. The summed E-state index contributed by atoms with van der Waals surface area (Å²) in [7, 11) is 0. The lowest BCUT2D eigenvalue weighted by atomic mass is 9.80.